The number of amides is 1. The average Bonchev–Trinajstić information content (AvgIpc) is 2.54. The summed E-state index contributed by atoms with van der Waals surface area (Å²) in [6, 6.07) is 4.22. The Morgan fingerprint density at radius 1 is 1.12 bits per heavy atom. The molecule has 0 aromatic heterocycles. The summed E-state index contributed by atoms with van der Waals surface area (Å²) in [5.74, 6) is -8.27. The summed E-state index contributed by atoms with van der Waals surface area (Å²) < 4.78 is 69.6. The van der Waals surface area contributed by atoms with E-state index in [-0.39, 0.29) is 11.4 Å². The molecule has 0 atom stereocenters. The number of carbonyl (C=O) groups excluding carboxylic acids is 1. The van der Waals surface area contributed by atoms with Gasteiger partial charge in [0.05, 0.1) is 11.3 Å². The van der Waals surface area contributed by atoms with Gasteiger partial charge in [0, 0.05) is 5.69 Å². The molecule has 26 heavy (non-hydrogen) atoms. The van der Waals surface area contributed by atoms with Crippen molar-refractivity contribution in [3.05, 3.63) is 47.5 Å². The Hall–Kier alpha value is -3.37. The third kappa shape index (κ3) is 3.99. The van der Waals surface area contributed by atoms with Crippen LogP contribution in [0.15, 0.2) is 30.3 Å². The summed E-state index contributed by atoms with van der Waals surface area (Å²) in [7, 11) is 0. The van der Waals surface area contributed by atoms with Gasteiger partial charge in [0.2, 0.25) is 5.75 Å². The molecule has 138 valence electrons. The van der Waals surface area contributed by atoms with Gasteiger partial charge in [-0.15, -0.1) is 0 Å². The maximum Gasteiger partial charge on any atom is 0.471 e. The highest BCUT2D eigenvalue weighted by molar-refractivity contribution is 5.95. The van der Waals surface area contributed by atoms with E-state index < -0.39 is 46.7 Å². The smallest absolute Gasteiger partial charge is 0.471 e. The number of benzene rings is 2. The van der Waals surface area contributed by atoms with E-state index in [9.17, 15) is 31.5 Å². The third-order valence-electron chi connectivity index (χ3n) is 3.03. The SMILES string of the molecule is Nc1ccc(Oc2c(F)ccc(NC(=O)C(F)(F)F)c2F)cc1C(=O)O. The Bertz CT molecular complexity index is 883. The highest BCUT2D eigenvalue weighted by Crippen LogP contribution is 2.33. The zero-order valence-corrected chi connectivity index (χ0v) is 12.5. The molecule has 6 nitrogen and oxygen atoms in total. The average molecular weight is 376 g/mol. The van der Waals surface area contributed by atoms with E-state index in [1.165, 1.54) is 5.32 Å². The van der Waals surface area contributed by atoms with Gasteiger partial charge in [0.25, 0.3) is 0 Å². The molecule has 1 amide bonds. The van der Waals surface area contributed by atoms with E-state index >= 15 is 0 Å². The Kier molecular flexibility index (Phi) is 5.00. The maximum atomic E-state index is 14.2. The lowest BCUT2D eigenvalue weighted by atomic mass is 10.1. The lowest BCUT2D eigenvalue weighted by Crippen LogP contribution is -2.30. The summed E-state index contributed by atoms with van der Waals surface area (Å²) in [6.07, 6.45) is -5.28. The van der Waals surface area contributed by atoms with Gasteiger partial charge in [-0.1, -0.05) is 0 Å². The molecule has 0 aliphatic carbocycles. The molecule has 0 saturated carbocycles. The molecule has 2 rings (SSSR count). The molecule has 11 heteroatoms. The molecule has 0 fully saturated rings. The number of ether oxygens (including phenoxy) is 1. The first-order valence-electron chi connectivity index (χ1n) is 6.67. The van der Waals surface area contributed by atoms with Crippen LogP contribution in [0.2, 0.25) is 0 Å². The Labute approximate surface area is 142 Å². The summed E-state index contributed by atoms with van der Waals surface area (Å²) in [4.78, 5) is 21.9. The van der Waals surface area contributed by atoms with E-state index in [0.29, 0.717) is 12.1 Å². The van der Waals surface area contributed by atoms with Gasteiger partial charge in [0.15, 0.2) is 11.6 Å². The number of aromatic carboxylic acids is 1. The molecule has 0 aliphatic rings. The fraction of sp³-hybridized carbons (Fsp3) is 0.0667. The molecule has 2 aromatic rings. The number of rotatable bonds is 4. The van der Waals surface area contributed by atoms with Crippen molar-refractivity contribution >= 4 is 23.3 Å². The van der Waals surface area contributed by atoms with Crippen LogP contribution in [0, 0.1) is 11.6 Å². The van der Waals surface area contributed by atoms with Crippen molar-refractivity contribution in [1.29, 1.82) is 0 Å². The fourth-order valence-corrected chi connectivity index (χ4v) is 1.82. The van der Waals surface area contributed by atoms with Crippen LogP contribution in [0.3, 0.4) is 0 Å². The molecule has 0 unspecified atom stereocenters. The first kappa shape index (κ1) is 19.0. The van der Waals surface area contributed by atoms with Crippen molar-refractivity contribution in [2.45, 2.75) is 6.18 Å². The van der Waals surface area contributed by atoms with Crippen LogP contribution < -0.4 is 15.8 Å². The number of halogens is 5. The van der Waals surface area contributed by atoms with Crippen LogP contribution in [0.4, 0.5) is 33.3 Å². The van der Waals surface area contributed by atoms with Crippen LogP contribution in [0.5, 0.6) is 11.5 Å². The molecule has 0 heterocycles. The summed E-state index contributed by atoms with van der Waals surface area (Å²) >= 11 is 0. The lowest BCUT2D eigenvalue weighted by molar-refractivity contribution is -0.167. The first-order chi connectivity index (χ1) is 12.0. The highest BCUT2D eigenvalue weighted by Gasteiger charge is 2.39. The maximum absolute atomic E-state index is 14.2. The number of carboxylic acid groups (broad SMARTS) is 1. The molecule has 0 radical (unpaired) electrons. The second-order valence-electron chi connectivity index (χ2n) is 4.85. The van der Waals surface area contributed by atoms with Crippen molar-refractivity contribution in [2.75, 3.05) is 11.1 Å². The zero-order valence-electron chi connectivity index (χ0n) is 12.5. The van der Waals surface area contributed by atoms with Crippen molar-refractivity contribution in [1.82, 2.24) is 0 Å². The number of alkyl halides is 3. The predicted octanol–water partition coefficient (Wildman–Crippen LogP) is 3.54. The number of carbonyl (C=O) groups is 2. The fourth-order valence-electron chi connectivity index (χ4n) is 1.82. The minimum absolute atomic E-state index is 0.142. The number of hydrogen-bond donors (Lipinski definition) is 3. The van der Waals surface area contributed by atoms with Gasteiger partial charge in [0.1, 0.15) is 5.75 Å². The third-order valence-corrected chi connectivity index (χ3v) is 3.03. The summed E-state index contributed by atoms with van der Waals surface area (Å²) in [5, 5.41) is 10.2. The Balaban J connectivity index is 2.39. The quantitative estimate of drug-likeness (QED) is 0.560. The second-order valence-corrected chi connectivity index (χ2v) is 4.85. The van der Waals surface area contributed by atoms with Crippen molar-refractivity contribution in [3.8, 4) is 11.5 Å². The minimum Gasteiger partial charge on any atom is -0.478 e. The van der Waals surface area contributed by atoms with Gasteiger partial charge in [-0.25, -0.2) is 13.6 Å². The van der Waals surface area contributed by atoms with E-state index in [4.69, 9.17) is 15.6 Å². The molecular weight excluding hydrogens is 367 g/mol. The first-order valence-corrected chi connectivity index (χ1v) is 6.67. The number of carboxylic acids is 1. The zero-order chi connectivity index (χ0) is 19.6. The van der Waals surface area contributed by atoms with E-state index in [2.05, 4.69) is 0 Å². The molecule has 0 spiro atoms. The number of nitrogens with one attached hydrogen (secondary N) is 1. The van der Waals surface area contributed by atoms with E-state index in [0.717, 1.165) is 18.2 Å². The standard InChI is InChI=1S/C15H9F5N2O4/c16-8-2-4-10(22-14(25)15(18,19)20)11(17)12(8)26-6-1-3-9(21)7(5-6)13(23)24/h1-5H,21H2,(H,22,25)(H,23,24). The monoisotopic (exact) mass is 376 g/mol. The predicted molar refractivity (Wildman–Crippen MR) is 78.9 cm³/mol. The molecular formula is C15H9F5N2O4. The molecule has 0 aliphatic heterocycles. The van der Waals surface area contributed by atoms with Gasteiger partial charge in [-0.05, 0) is 30.3 Å². The van der Waals surface area contributed by atoms with E-state index in [1.54, 1.807) is 0 Å². The van der Waals surface area contributed by atoms with Gasteiger partial charge >= 0.3 is 18.1 Å². The van der Waals surface area contributed by atoms with Gasteiger partial charge in [-0.3, -0.25) is 4.79 Å². The van der Waals surface area contributed by atoms with E-state index in [1.807, 2.05) is 0 Å². The van der Waals surface area contributed by atoms with Crippen molar-refractivity contribution in [2.24, 2.45) is 0 Å². The van der Waals surface area contributed by atoms with Gasteiger partial charge in [-0.2, -0.15) is 13.2 Å². The van der Waals surface area contributed by atoms with Crippen molar-refractivity contribution in [3.63, 3.8) is 0 Å². The number of anilines is 2. The normalized spacial score (nSPS) is 11.1. The van der Waals surface area contributed by atoms with Crippen LogP contribution in [-0.2, 0) is 4.79 Å². The number of hydrogen-bond acceptors (Lipinski definition) is 4. The van der Waals surface area contributed by atoms with Crippen molar-refractivity contribution < 1.29 is 41.4 Å². The van der Waals surface area contributed by atoms with Crippen LogP contribution in [-0.4, -0.2) is 23.2 Å². The molecule has 0 bridgehead atoms. The summed E-state index contributed by atoms with van der Waals surface area (Å²) in [6.45, 7) is 0. The molecule has 2 aromatic carbocycles. The van der Waals surface area contributed by atoms with Crippen LogP contribution in [0.1, 0.15) is 10.4 Å². The molecule has 0 saturated heterocycles. The number of nitrogen functional groups attached to an aromatic ring is 1. The Morgan fingerprint density at radius 2 is 1.77 bits per heavy atom. The summed E-state index contributed by atoms with van der Waals surface area (Å²) in [5.41, 5.74) is 3.90. The number of nitrogens with two attached hydrogens (primary N) is 1. The van der Waals surface area contributed by atoms with Crippen LogP contribution in [0.25, 0.3) is 0 Å². The second kappa shape index (κ2) is 6.86. The largest absolute Gasteiger partial charge is 0.478 e. The van der Waals surface area contributed by atoms with Crippen LogP contribution >= 0.6 is 0 Å². The molecule has 4 N–H and O–H groups in total. The lowest BCUT2D eigenvalue weighted by Gasteiger charge is -2.13. The minimum atomic E-state index is -5.28. The topological polar surface area (TPSA) is 102 Å². The Morgan fingerprint density at radius 3 is 2.35 bits per heavy atom. The highest BCUT2D eigenvalue weighted by atomic mass is 19.4. The van der Waals surface area contributed by atoms with Gasteiger partial charge < -0.3 is 20.9 Å².